The second-order valence-electron chi connectivity index (χ2n) is 11.4. The fourth-order valence-electron chi connectivity index (χ4n) is 5.21. The topological polar surface area (TPSA) is 63.2 Å². The zero-order chi connectivity index (χ0) is 30.9. The van der Waals surface area contributed by atoms with Gasteiger partial charge in [0.15, 0.2) is 6.29 Å². The number of rotatable bonds is 17. The van der Waals surface area contributed by atoms with Gasteiger partial charge in [0.1, 0.15) is 23.9 Å². The van der Waals surface area contributed by atoms with Gasteiger partial charge in [-0.3, -0.25) is 0 Å². The summed E-state index contributed by atoms with van der Waals surface area (Å²) in [4.78, 5) is 12.7. The largest absolute Gasteiger partial charge is 0.494 e. The van der Waals surface area contributed by atoms with Gasteiger partial charge in [0.2, 0.25) is 0 Å². The minimum Gasteiger partial charge on any atom is -0.494 e. The van der Waals surface area contributed by atoms with Crippen LogP contribution in [-0.4, -0.2) is 32.1 Å². The highest BCUT2D eigenvalue weighted by Crippen LogP contribution is 2.26. The molecule has 0 aliphatic carbocycles. The molecule has 1 fully saturated rings. The quantitative estimate of drug-likeness (QED) is 0.0676. The molecule has 5 rings (SSSR count). The van der Waals surface area contributed by atoms with E-state index in [1.165, 1.54) is 25.7 Å². The zero-order valence-electron chi connectivity index (χ0n) is 26.0. The van der Waals surface area contributed by atoms with E-state index in [9.17, 15) is 4.79 Å². The molecule has 1 heterocycles. The molecule has 1 aliphatic rings. The van der Waals surface area contributed by atoms with Crippen LogP contribution in [0.5, 0.6) is 17.2 Å². The summed E-state index contributed by atoms with van der Waals surface area (Å²) in [6, 6.07) is 32.7. The van der Waals surface area contributed by atoms with Gasteiger partial charge in [0.25, 0.3) is 0 Å². The highest BCUT2D eigenvalue weighted by molar-refractivity contribution is 5.91. The van der Waals surface area contributed by atoms with Crippen LogP contribution < -0.4 is 14.2 Å². The third kappa shape index (κ3) is 11.1. The third-order valence-corrected chi connectivity index (χ3v) is 7.84. The van der Waals surface area contributed by atoms with E-state index in [2.05, 4.69) is 0 Å². The van der Waals surface area contributed by atoms with Crippen LogP contribution >= 0.6 is 0 Å². The van der Waals surface area contributed by atoms with Gasteiger partial charge in [-0.05, 0) is 97.3 Å². The lowest BCUT2D eigenvalue weighted by atomic mass is 10.1. The second-order valence-corrected chi connectivity index (χ2v) is 11.4. The lowest BCUT2D eigenvalue weighted by Gasteiger charge is -2.22. The minimum atomic E-state index is -0.397. The summed E-state index contributed by atoms with van der Waals surface area (Å²) in [5.41, 5.74) is 3.70. The third-order valence-electron chi connectivity index (χ3n) is 7.84. The van der Waals surface area contributed by atoms with E-state index >= 15 is 0 Å². The summed E-state index contributed by atoms with van der Waals surface area (Å²) < 4.78 is 28.8. The first kappa shape index (κ1) is 32.3. The molecule has 4 aromatic carbocycles. The predicted molar refractivity (Wildman–Crippen MR) is 177 cm³/mol. The van der Waals surface area contributed by atoms with Crippen LogP contribution in [0, 0.1) is 0 Å². The van der Waals surface area contributed by atoms with Crippen molar-refractivity contribution in [1.82, 2.24) is 0 Å². The Morgan fingerprint density at radius 2 is 1.22 bits per heavy atom. The van der Waals surface area contributed by atoms with Crippen molar-refractivity contribution in [3.05, 3.63) is 114 Å². The number of unbranched alkanes of at least 4 members (excludes halogenated alkanes) is 5. The standard InChI is InChI=1S/C39H44O6/c40-39(34-19-23-35(24-20-34)41-27-9-3-1-2-4-10-28-42-38-14-8-11-29-43-38)45-37-25-17-33(18-26-37)32-15-21-36(22-16-32)44-30-31-12-6-5-7-13-31/h5-7,12-13,15-26,38H,1-4,8-11,14,27-30H2. The maximum atomic E-state index is 12.7. The summed E-state index contributed by atoms with van der Waals surface area (Å²) in [5, 5.41) is 0. The predicted octanol–water partition coefficient (Wildman–Crippen LogP) is 9.41. The SMILES string of the molecule is O=C(Oc1ccc(-c2ccc(OCc3ccccc3)cc2)cc1)c1ccc(OCCCCCCCCOC2CCCCO2)cc1. The molecule has 0 saturated carbocycles. The van der Waals surface area contributed by atoms with Crippen molar-refractivity contribution in [3.8, 4) is 28.4 Å². The Morgan fingerprint density at radius 1 is 0.622 bits per heavy atom. The Morgan fingerprint density at radius 3 is 1.89 bits per heavy atom. The lowest BCUT2D eigenvalue weighted by molar-refractivity contribution is -0.162. The van der Waals surface area contributed by atoms with Crippen molar-refractivity contribution in [2.45, 2.75) is 70.7 Å². The fraction of sp³-hybridized carbons (Fsp3) is 0.359. The van der Waals surface area contributed by atoms with Crippen molar-refractivity contribution in [3.63, 3.8) is 0 Å². The molecule has 0 N–H and O–H groups in total. The molecule has 0 aromatic heterocycles. The van der Waals surface area contributed by atoms with Gasteiger partial charge in [-0.15, -0.1) is 0 Å². The van der Waals surface area contributed by atoms with Crippen molar-refractivity contribution >= 4 is 5.97 Å². The highest BCUT2D eigenvalue weighted by Gasteiger charge is 2.13. The van der Waals surface area contributed by atoms with E-state index in [0.717, 1.165) is 73.5 Å². The first-order valence-corrected chi connectivity index (χ1v) is 16.3. The molecule has 6 heteroatoms. The first-order valence-electron chi connectivity index (χ1n) is 16.3. The van der Waals surface area contributed by atoms with Crippen LogP contribution in [0.15, 0.2) is 103 Å². The number of ether oxygens (including phenoxy) is 5. The van der Waals surface area contributed by atoms with Gasteiger partial charge < -0.3 is 23.7 Å². The molecule has 1 unspecified atom stereocenters. The van der Waals surface area contributed by atoms with Gasteiger partial charge in [-0.1, -0.05) is 80.3 Å². The summed E-state index contributed by atoms with van der Waals surface area (Å²) in [5.74, 6) is 1.68. The molecule has 0 radical (unpaired) electrons. The average Bonchev–Trinajstić information content (AvgIpc) is 3.10. The normalized spacial score (nSPS) is 14.5. The molecule has 236 valence electrons. The molecular weight excluding hydrogens is 564 g/mol. The van der Waals surface area contributed by atoms with Gasteiger partial charge in [0, 0.05) is 13.2 Å². The maximum absolute atomic E-state index is 12.7. The van der Waals surface area contributed by atoms with Gasteiger partial charge in [-0.2, -0.15) is 0 Å². The summed E-state index contributed by atoms with van der Waals surface area (Å²) in [7, 11) is 0. The summed E-state index contributed by atoms with van der Waals surface area (Å²) in [6.07, 6.45) is 10.3. The van der Waals surface area contributed by atoms with Crippen LogP contribution in [0.4, 0.5) is 0 Å². The molecule has 0 spiro atoms. The Balaban J connectivity index is 0.952. The molecule has 1 aliphatic heterocycles. The van der Waals surface area contributed by atoms with Crippen molar-refractivity contribution in [2.75, 3.05) is 19.8 Å². The Hall–Kier alpha value is -4.13. The first-order chi connectivity index (χ1) is 22.2. The van der Waals surface area contributed by atoms with E-state index in [4.69, 9.17) is 23.7 Å². The number of hydrogen-bond donors (Lipinski definition) is 0. The molecule has 6 nitrogen and oxygen atoms in total. The van der Waals surface area contributed by atoms with Crippen LogP contribution in [-0.2, 0) is 16.1 Å². The number of carbonyl (C=O) groups excluding carboxylic acids is 1. The van der Waals surface area contributed by atoms with E-state index < -0.39 is 5.97 Å². The number of carbonyl (C=O) groups is 1. The van der Waals surface area contributed by atoms with Crippen LogP contribution in [0.2, 0.25) is 0 Å². The Kier molecular flexibility index (Phi) is 12.9. The maximum Gasteiger partial charge on any atom is 0.343 e. The lowest BCUT2D eigenvalue weighted by Crippen LogP contribution is -2.22. The fourth-order valence-corrected chi connectivity index (χ4v) is 5.21. The van der Waals surface area contributed by atoms with Crippen LogP contribution in [0.25, 0.3) is 11.1 Å². The van der Waals surface area contributed by atoms with Crippen LogP contribution in [0.3, 0.4) is 0 Å². The van der Waals surface area contributed by atoms with E-state index in [1.807, 2.05) is 91.0 Å². The van der Waals surface area contributed by atoms with Crippen LogP contribution in [0.1, 0.15) is 73.7 Å². The monoisotopic (exact) mass is 608 g/mol. The van der Waals surface area contributed by atoms with E-state index in [1.54, 1.807) is 12.1 Å². The molecule has 1 saturated heterocycles. The molecule has 1 atom stereocenters. The van der Waals surface area contributed by atoms with Crippen molar-refractivity contribution in [1.29, 1.82) is 0 Å². The molecule has 45 heavy (non-hydrogen) atoms. The average molecular weight is 609 g/mol. The minimum absolute atomic E-state index is 0.0236. The number of hydrogen-bond acceptors (Lipinski definition) is 6. The molecular formula is C39H44O6. The Bertz CT molecular complexity index is 1400. The van der Waals surface area contributed by atoms with Crippen molar-refractivity contribution in [2.24, 2.45) is 0 Å². The van der Waals surface area contributed by atoms with Gasteiger partial charge >= 0.3 is 5.97 Å². The highest BCUT2D eigenvalue weighted by atomic mass is 16.7. The molecule has 4 aromatic rings. The van der Waals surface area contributed by atoms with E-state index in [-0.39, 0.29) is 6.29 Å². The van der Waals surface area contributed by atoms with E-state index in [0.29, 0.717) is 24.5 Å². The van der Waals surface area contributed by atoms with Crippen molar-refractivity contribution < 1.29 is 28.5 Å². The molecule has 0 bridgehead atoms. The zero-order valence-corrected chi connectivity index (χ0v) is 26.0. The molecule has 0 amide bonds. The smallest absolute Gasteiger partial charge is 0.343 e. The summed E-state index contributed by atoms with van der Waals surface area (Å²) in [6.45, 7) is 2.83. The number of esters is 1. The Labute approximate surface area is 267 Å². The summed E-state index contributed by atoms with van der Waals surface area (Å²) >= 11 is 0. The van der Waals surface area contributed by atoms with Gasteiger partial charge in [-0.25, -0.2) is 4.79 Å². The second kappa shape index (κ2) is 18.0. The van der Waals surface area contributed by atoms with Gasteiger partial charge in [0.05, 0.1) is 12.2 Å². The number of benzene rings is 4.